The molecule has 0 saturated carbocycles. The van der Waals surface area contributed by atoms with Gasteiger partial charge < -0.3 is 0 Å². The van der Waals surface area contributed by atoms with Crippen LogP contribution in [0.2, 0.25) is 0 Å². The van der Waals surface area contributed by atoms with Crippen LogP contribution in [0.15, 0.2) is 65.8 Å². The fourth-order valence-corrected chi connectivity index (χ4v) is 3.34. The number of fused-ring (bicyclic) bond motifs is 1. The first kappa shape index (κ1) is 14.8. The predicted octanol–water partition coefficient (Wildman–Crippen LogP) is 5.93. The molecule has 3 aromatic rings. The van der Waals surface area contributed by atoms with E-state index in [1.54, 1.807) is 0 Å². The van der Waals surface area contributed by atoms with Gasteiger partial charge in [0, 0.05) is 29.0 Å². The Balaban J connectivity index is 1.85. The van der Waals surface area contributed by atoms with E-state index in [9.17, 15) is 0 Å². The van der Waals surface area contributed by atoms with E-state index in [1.165, 1.54) is 28.0 Å². The summed E-state index contributed by atoms with van der Waals surface area (Å²) >= 11 is 0. The Hall–Kier alpha value is -2.74. The van der Waals surface area contributed by atoms with Gasteiger partial charge in [0.05, 0.1) is 11.4 Å². The number of pyridine rings is 1. The molecular formula is C22H20N2. The molecule has 1 aliphatic rings. The first-order valence-electron chi connectivity index (χ1n) is 8.35. The van der Waals surface area contributed by atoms with Crippen molar-refractivity contribution in [2.24, 2.45) is 4.99 Å². The molecule has 2 heterocycles. The smallest absolute Gasteiger partial charge is 0.0780 e. The fraction of sp³-hybridized carbons (Fsp3) is 0.182. The van der Waals surface area contributed by atoms with Gasteiger partial charge in [0.2, 0.25) is 0 Å². The van der Waals surface area contributed by atoms with Crippen molar-refractivity contribution < 1.29 is 0 Å². The van der Waals surface area contributed by atoms with E-state index in [-0.39, 0.29) is 0 Å². The van der Waals surface area contributed by atoms with Crippen molar-refractivity contribution in [2.45, 2.75) is 26.7 Å². The Morgan fingerprint density at radius 3 is 2.58 bits per heavy atom. The van der Waals surface area contributed by atoms with Crippen LogP contribution < -0.4 is 0 Å². The lowest BCUT2D eigenvalue weighted by Crippen LogP contribution is -1.98. The van der Waals surface area contributed by atoms with Gasteiger partial charge >= 0.3 is 0 Å². The van der Waals surface area contributed by atoms with Crippen LogP contribution in [0, 0.1) is 6.92 Å². The lowest BCUT2D eigenvalue weighted by molar-refractivity contribution is 1.05. The summed E-state index contributed by atoms with van der Waals surface area (Å²) in [4.78, 5) is 9.33. The SMILES string of the molecule is CC1=Nc2ccc(-c3cccnc3-c3cccc(C)c3)cc2C1C. The molecule has 0 N–H and O–H groups in total. The second-order valence-corrected chi connectivity index (χ2v) is 6.52. The zero-order valence-electron chi connectivity index (χ0n) is 14.2. The number of hydrogen-bond acceptors (Lipinski definition) is 2. The minimum absolute atomic E-state index is 0.388. The molecule has 24 heavy (non-hydrogen) atoms. The van der Waals surface area contributed by atoms with Gasteiger partial charge in [-0.3, -0.25) is 9.98 Å². The van der Waals surface area contributed by atoms with E-state index in [1.807, 2.05) is 12.3 Å². The molecule has 1 aliphatic heterocycles. The molecule has 2 heteroatoms. The predicted molar refractivity (Wildman–Crippen MR) is 101 cm³/mol. The molecule has 0 saturated heterocycles. The first-order valence-corrected chi connectivity index (χ1v) is 8.35. The molecule has 0 radical (unpaired) electrons. The largest absolute Gasteiger partial charge is 0.257 e. The zero-order valence-corrected chi connectivity index (χ0v) is 14.2. The monoisotopic (exact) mass is 312 g/mol. The molecule has 2 aromatic carbocycles. The third-order valence-corrected chi connectivity index (χ3v) is 4.83. The van der Waals surface area contributed by atoms with Crippen molar-refractivity contribution in [3.05, 3.63) is 71.9 Å². The fourth-order valence-electron chi connectivity index (χ4n) is 3.34. The van der Waals surface area contributed by atoms with E-state index < -0.39 is 0 Å². The molecule has 4 rings (SSSR count). The highest BCUT2D eigenvalue weighted by Gasteiger charge is 2.21. The molecular weight excluding hydrogens is 292 g/mol. The summed E-state index contributed by atoms with van der Waals surface area (Å²) in [6, 6.07) is 19.2. The van der Waals surface area contributed by atoms with Crippen LogP contribution in [0.5, 0.6) is 0 Å². The summed E-state index contributed by atoms with van der Waals surface area (Å²) in [5, 5.41) is 0. The minimum Gasteiger partial charge on any atom is -0.257 e. The maximum absolute atomic E-state index is 4.67. The molecule has 2 nitrogen and oxygen atoms in total. The number of aliphatic imine (C=N–C) groups is 1. The molecule has 1 aromatic heterocycles. The van der Waals surface area contributed by atoms with E-state index in [4.69, 9.17) is 0 Å². The molecule has 1 atom stereocenters. The van der Waals surface area contributed by atoms with Crippen molar-refractivity contribution in [1.82, 2.24) is 4.98 Å². The van der Waals surface area contributed by atoms with Crippen LogP contribution in [0.1, 0.15) is 30.9 Å². The van der Waals surface area contributed by atoms with Crippen LogP contribution in [-0.4, -0.2) is 10.7 Å². The normalized spacial score (nSPS) is 16.0. The Kier molecular flexibility index (Phi) is 3.53. The van der Waals surface area contributed by atoms with Crippen molar-refractivity contribution in [2.75, 3.05) is 0 Å². The molecule has 1 unspecified atom stereocenters. The number of hydrogen-bond donors (Lipinski definition) is 0. The van der Waals surface area contributed by atoms with Crippen molar-refractivity contribution in [1.29, 1.82) is 0 Å². The Morgan fingerprint density at radius 1 is 0.875 bits per heavy atom. The van der Waals surface area contributed by atoms with Crippen LogP contribution in [0.25, 0.3) is 22.4 Å². The van der Waals surface area contributed by atoms with Crippen LogP contribution in [0.3, 0.4) is 0 Å². The second-order valence-electron chi connectivity index (χ2n) is 6.52. The summed E-state index contributed by atoms with van der Waals surface area (Å²) in [7, 11) is 0. The Labute approximate surface area is 142 Å². The lowest BCUT2D eigenvalue weighted by atomic mass is 9.93. The average Bonchev–Trinajstić information content (AvgIpc) is 2.89. The molecule has 0 bridgehead atoms. The van der Waals surface area contributed by atoms with E-state index in [2.05, 4.69) is 79.3 Å². The Bertz CT molecular complexity index is 954. The highest BCUT2D eigenvalue weighted by Crippen LogP contribution is 2.39. The van der Waals surface area contributed by atoms with Crippen molar-refractivity contribution in [3.63, 3.8) is 0 Å². The van der Waals surface area contributed by atoms with Crippen LogP contribution in [0.4, 0.5) is 5.69 Å². The first-order chi connectivity index (χ1) is 11.6. The van der Waals surface area contributed by atoms with E-state index >= 15 is 0 Å². The van der Waals surface area contributed by atoms with Gasteiger partial charge in [-0.05, 0) is 49.2 Å². The van der Waals surface area contributed by atoms with Gasteiger partial charge in [-0.2, -0.15) is 0 Å². The maximum Gasteiger partial charge on any atom is 0.0780 e. The molecule has 0 spiro atoms. The van der Waals surface area contributed by atoms with Gasteiger partial charge in [-0.25, -0.2) is 0 Å². The van der Waals surface area contributed by atoms with Gasteiger partial charge in [0.1, 0.15) is 0 Å². The van der Waals surface area contributed by atoms with E-state index in [0.29, 0.717) is 5.92 Å². The van der Waals surface area contributed by atoms with Gasteiger partial charge in [-0.1, -0.05) is 42.8 Å². The lowest BCUT2D eigenvalue weighted by Gasteiger charge is -2.12. The summed E-state index contributed by atoms with van der Waals surface area (Å²) in [5.41, 5.74) is 9.41. The van der Waals surface area contributed by atoms with Gasteiger partial charge in [0.25, 0.3) is 0 Å². The standard InChI is InChI=1S/C22H20N2/c1-14-6-4-7-18(12-14)22-19(8-5-11-23-22)17-9-10-21-20(13-17)15(2)16(3)24-21/h4-13,15H,1-3H3. The highest BCUT2D eigenvalue weighted by molar-refractivity contribution is 5.97. The third kappa shape index (κ3) is 2.44. The number of aromatic nitrogens is 1. The summed E-state index contributed by atoms with van der Waals surface area (Å²) < 4.78 is 0. The zero-order chi connectivity index (χ0) is 16.7. The van der Waals surface area contributed by atoms with Crippen molar-refractivity contribution >= 4 is 11.4 Å². The summed E-state index contributed by atoms with van der Waals surface area (Å²) in [6.07, 6.45) is 1.87. The molecule has 0 fully saturated rings. The number of rotatable bonds is 2. The Morgan fingerprint density at radius 2 is 1.75 bits per heavy atom. The van der Waals surface area contributed by atoms with Crippen LogP contribution in [-0.2, 0) is 0 Å². The molecule has 0 aliphatic carbocycles. The maximum atomic E-state index is 4.67. The van der Waals surface area contributed by atoms with Crippen LogP contribution >= 0.6 is 0 Å². The quantitative estimate of drug-likeness (QED) is 0.575. The number of benzene rings is 2. The molecule has 0 amide bonds. The topological polar surface area (TPSA) is 25.2 Å². The number of nitrogens with zero attached hydrogens (tertiary/aromatic N) is 2. The van der Waals surface area contributed by atoms with E-state index in [0.717, 1.165) is 16.9 Å². The minimum atomic E-state index is 0.388. The second kappa shape index (κ2) is 5.72. The average molecular weight is 312 g/mol. The summed E-state index contributed by atoms with van der Waals surface area (Å²) in [5.74, 6) is 0.388. The number of aryl methyl sites for hydroxylation is 1. The van der Waals surface area contributed by atoms with Gasteiger partial charge in [-0.15, -0.1) is 0 Å². The van der Waals surface area contributed by atoms with Crippen molar-refractivity contribution in [3.8, 4) is 22.4 Å². The highest BCUT2D eigenvalue weighted by atomic mass is 14.8. The van der Waals surface area contributed by atoms with Gasteiger partial charge in [0.15, 0.2) is 0 Å². The molecule has 118 valence electrons. The third-order valence-electron chi connectivity index (χ3n) is 4.83. The summed E-state index contributed by atoms with van der Waals surface area (Å²) in [6.45, 7) is 6.44.